The lowest BCUT2D eigenvalue weighted by Crippen LogP contribution is -2.13. The third-order valence-corrected chi connectivity index (χ3v) is 4.08. The number of fused-ring (bicyclic) bond motifs is 3. The van der Waals surface area contributed by atoms with Crippen molar-refractivity contribution in [3.8, 4) is 11.5 Å². The maximum Gasteiger partial charge on any atom is 0.239 e. The first-order valence-corrected chi connectivity index (χ1v) is 8.03. The molecule has 1 aromatic heterocycles. The van der Waals surface area contributed by atoms with E-state index < -0.39 is 0 Å². The van der Waals surface area contributed by atoms with Crippen LogP contribution in [0.2, 0.25) is 0 Å². The number of alkyl halides is 1. The van der Waals surface area contributed by atoms with Gasteiger partial charge in [-0.2, -0.15) is 0 Å². The van der Waals surface area contributed by atoms with Gasteiger partial charge in [-0.05, 0) is 23.6 Å². The normalized spacial score (nSPS) is 11.0. The van der Waals surface area contributed by atoms with E-state index in [1.54, 1.807) is 6.07 Å². The van der Waals surface area contributed by atoms with Gasteiger partial charge in [-0.3, -0.25) is 4.79 Å². The van der Waals surface area contributed by atoms with Crippen LogP contribution in [0.15, 0.2) is 65.1 Å². The Bertz CT molecular complexity index is 1060. The molecular formula is C19H13ClN2O2. The Morgan fingerprint density at radius 2 is 1.83 bits per heavy atom. The lowest BCUT2D eigenvalue weighted by molar-refractivity contribution is -0.113. The lowest BCUT2D eigenvalue weighted by Gasteiger charge is -2.06. The van der Waals surface area contributed by atoms with E-state index >= 15 is 0 Å². The van der Waals surface area contributed by atoms with E-state index in [9.17, 15) is 4.79 Å². The van der Waals surface area contributed by atoms with Crippen LogP contribution < -0.4 is 5.32 Å². The highest BCUT2D eigenvalue weighted by molar-refractivity contribution is 6.29. The summed E-state index contributed by atoms with van der Waals surface area (Å²) in [7, 11) is 0. The fourth-order valence-electron chi connectivity index (χ4n) is 2.73. The number of carbonyl (C=O) groups excluding carboxylic acids is 1. The quantitative estimate of drug-likeness (QED) is 0.545. The fourth-order valence-corrected chi connectivity index (χ4v) is 2.80. The molecular weight excluding hydrogens is 324 g/mol. The second-order valence-corrected chi connectivity index (χ2v) is 5.65. The van der Waals surface area contributed by atoms with Gasteiger partial charge >= 0.3 is 0 Å². The van der Waals surface area contributed by atoms with Gasteiger partial charge in [0.2, 0.25) is 11.8 Å². The molecule has 0 fully saturated rings. The number of hydrogen-bond donors (Lipinski definition) is 1. The second-order valence-electron chi connectivity index (χ2n) is 5.38. The number of oxazole rings is 1. The molecule has 1 N–H and O–H groups in total. The van der Waals surface area contributed by atoms with E-state index in [0.717, 1.165) is 27.4 Å². The van der Waals surface area contributed by atoms with Gasteiger partial charge in [-0.25, -0.2) is 4.98 Å². The molecule has 0 aliphatic rings. The van der Waals surface area contributed by atoms with E-state index in [0.29, 0.717) is 11.6 Å². The number of carbonyl (C=O) groups is 1. The molecule has 4 aromatic rings. The molecule has 0 atom stereocenters. The van der Waals surface area contributed by atoms with Gasteiger partial charge in [-0.15, -0.1) is 11.6 Å². The number of anilines is 1. The molecule has 0 spiro atoms. The minimum absolute atomic E-state index is 0.105. The van der Waals surface area contributed by atoms with Crippen molar-refractivity contribution < 1.29 is 9.21 Å². The van der Waals surface area contributed by atoms with Crippen molar-refractivity contribution in [2.75, 3.05) is 11.2 Å². The molecule has 1 heterocycles. The van der Waals surface area contributed by atoms with Crippen LogP contribution in [0.4, 0.5) is 5.69 Å². The van der Waals surface area contributed by atoms with E-state index in [1.165, 1.54) is 0 Å². The monoisotopic (exact) mass is 336 g/mol. The Labute approximate surface area is 143 Å². The van der Waals surface area contributed by atoms with Crippen LogP contribution in [0.5, 0.6) is 0 Å². The highest BCUT2D eigenvalue weighted by atomic mass is 35.5. The number of nitrogens with one attached hydrogen (secondary N) is 1. The van der Waals surface area contributed by atoms with Gasteiger partial charge in [0.1, 0.15) is 11.4 Å². The van der Waals surface area contributed by atoms with Gasteiger partial charge in [0.05, 0.1) is 11.3 Å². The minimum atomic E-state index is -0.273. The summed E-state index contributed by atoms with van der Waals surface area (Å²) in [6.45, 7) is 0. The summed E-state index contributed by atoms with van der Waals surface area (Å²) in [6.07, 6.45) is 0. The van der Waals surface area contributed by atoms with Gasteiger partial charge in [0, 0.05) is 5.39 Å². The molecule has 4 rings (SSSR count). The number of halogens is 1. The zero-order chi connectivity index (χ0) is 16.5. The molecule has 0 unspecified atom stereocenters. The number of amides is 1. The maximum absolute atomic E-state index is 11.6. The van der Waals surface area contributed by atoms with E-state index in [1.807, 2.05) is 54.6 Å². The first kappa shape index (κ1) is 14.7. The molecule has 24 heavy (non-hydrogen) atoms. The second kappa shape index (κ2) is 5.98. The summed E-state index contributed by atoms with van der Waals surface area (Å²) >= 11 is 5.58. The number of nitrogens with zero attached hydrogens (tertiary/aromatic N) is 1. The van der Waals surface area contributed by atoms with E-state index in [2.05, 4.69) is 10.3 Å². The lowest BCUT2D eigenvalue weighted by atomic mass is 10.1. The van der Waals surface area contributed by atoms with Crippen molar-refractivity contribution in [3.05, 3.63) is 60.7 Å². The van der Waals surface area contributed by atoms with Crippen LogP contribution in [0, 0.1) is 0 Å². The Kier molecular flexibility index (Phi) is 3.67. The van der Waals surface area contributed by atoms with Crippen molar-refractivity contribution in [2.45, 2.75) is 0 Å². The minimum Gasteiger partial charge on any atom is -0.435 e. The third kappa shape index (κ3) is 2.51. The van der Waals surface area contributed by atoms with Gasteiger partial charge in [-0.1, -0.05) is 42.5 Å². The molecule has 4 nitrogen and oxygen atoms in total. The van der Waals surface area contributed by atoms with Gasteiger partial charge < -0.3 is 9.73 Å². The SMILES string of the molecule is O=C(CCl)Nc1ccccc1-c1nc2ccc3ccccc3c2o1. The number of benzene rings is 3. The summed E-state index contributed by atoms with van der Waals surface area (Å²) in [5.74, 6) is 0.0875. The summed E-state index contributed by atoms with van der Waals surface area (Å²) in [5.41, 5.74) is 2.86. The van der Waals surface area contributed by atoms with Crippen molar-refractivity contribution in [2.24, 2.45) is 0 Å². The average Bonchev–Trinajstić information content (AvgIpc) is 3.06. The molecule has 0 saturated heterocycles. The molecule has 5 heteroatoms. The first-order valence-electron chi connectivity index (χ1n) is 7.50. The molecule has 118 valence electrons. The largest absolute Gasteiger partial charge is 0.435 e. The summed E-state index contributed by atoms with van der Waals surface area (Å²) in [5, 5.41) is 4.87. The Hall–Kier alpha value is -2.85. The maximum atomic E-state index is 11.6. The van der Waals surface area contributed by atoms with Crippen molar-refractivity contribution in [3.63, 3.8) is 0 Å². The highest BCUT2D eigenvalue weighted by Crippen LogP contribution is 2.33. The smallest absolute Gasteiger partial charge is 0.239 e. The zero-order valence-electron chi connectivity index (χ0n) is 12.6. The Morgan fingerprint density at radius 1 is 1.04 bits per heavy atom. The van der Waals surface area contributed by atoms with Crippen molar-refractivity contribution in [1.82, 2.24) is 4.98 Å². The van der Waals surface area contributed by atoms with Crippen molar-refractivity contribution in [1.29, 1.82) is 0 Å². The predicted octanol–water partition coefficient (Wildman–Crippen LogP) is 4.83. The zero-order valence-corrected chi connectivity index (χ0v) is 13.4. The van der Waals surface area contributed by atoms with Crippen LogP contribution in [-0.4, -0.2) is 16.8 Å². The van der Waals surface area contributed by atoms with Crippen LogP contribution in [-0.2, 0) is 4.79 Å². The van der Waals surface area contributed by atoms with E-state index in [-0.39, 0.29) is 11.8 Å². The average molecular weight is 337 g/mol. The molecule has 0 saturated carbocycles. The number of aromatic nitrogens is 1. The first-order chi connectivity index (χ1) is 11.8. The predicted molar refractivity (Wildman–Crippen MR) is 96.3 cm³/mol. The van der Waals surface area contributed by atoms with Gasteiger partial charge in [0.25, 0.3) is 0 Å². The third-order valence-electron chi connectivity index (χ3n) is 3.83. The summed E-state index contributed by atoms with van der Waals surface area (Å²) in [6, 6.07) is 19.3. The molecule has 0 aliphatic carbocycles. The molecule has 0 bridgehead atoms. The fraction of sp³-hybridized carbons (Fsp3) is 0.0526. The highest BCUT2D eigenvalue weighted by Gasteiger charge is 2.15. The number of hydrogen-bond acceptors (Lipinski definition) is 3. The van der Waals surface area contributed by atoms with Crippen LogP contribution >= 0.6 is 11.6 Å². The molecule has 3 aromatic carbocycles. The molecule has 1 amide bonds. The van der Waals surface area contributed by atoms with E-state index in [4.69, 9.17) is 16.0 Å². The standard InChI is InChI=1S/C19H13ClN2O2/c20-11-17(23)21-15-8-4-3-7-14(15)19-22-16-10-9-12-5-1-2-6-13(12)18(16)24-19/h1-10H,11H2,(H,21,23). The van der Waals surface area contributed by atoms with Crippen LogP contribution in [0.1, 0.15) is 0 Å². The van der Waals surface area contributed by atoms with Crippen LogP contribution in [0.3, 0.4) is 0 Å². The molecule has 0 radical (unpaired) electrons. The number of rotatable bonds is 3. The summed E-state index contributed by atoms with van der Waals surface area (Å²) in [4.78, 5) is 16.2. The van der Waals surface area contributed by atoms with Crippen molar-refractivity contribution >= 4 is 45.1 Å². The topological polar surface area (TPSA) is 55.1 Å². The molecule has 0 aliphatic heterocycles. The van der Waals surface area contributed by atoms with Crippen LogP contribution in [0.25, 0.3) is 33.3 Å². The summed E-state index contributed by atoms with van der Waals surface area (Å²) < 4.78 is 6.03. The Balaban J connectivity index is 1.88. The Morgan fingerprint density at radius 3 is 2.71 bits per heavy atom. The van der Waals surface area contributed by atoms with Gasteiger partial charge in [0.15, 0.2) is 5.58 Å². The number of para-hydroxylation sites is 1.